The Hall–Kier alpha value is -2.07. The first-order valence-corrected chi connectivity index (χ1v) is 5.85. The Bertz CT molecular complexity index is 518. The van der Waals surface area contributed by atoms with E-state index >= 15 is 0 Å². The summed E-state index contributed by atoms with van der Waals surface area (Å²) in [7, 11) is 0. The molecule has 1 heterocycles. The average Bonchev–Trinajstić information content (AvgIpc) is 2.78. The van der Waals surface area contributed by atoms with Crippen molar-refractivity contribution in [1.29, 1.82) is 0 Å². The first-order chi connectivity index (χ1) is 8.66. The van der Waals surface area contributed by atoms with Crippen LogP contribution < -0.4 is 5.32 Å². The zero-order chi connectivity index (χ0) is 13.0. The summed E-state index contributed by atoms with van der Waals surface area (Å²) in [6, 6.07) is 12.9. The Labute approximate surface area is 106 Å². The highest BCUT2D eigenvalue weighted by molar-refractivity contribution is 5.90. The van der Waals surface area contributed by atoms with Gasteiger partial charge in [0, 0.05) is 17.6 Å². The molecule has 1 aromatic heterocycles. The third-order valence-electron chi connectivity index (χ3n) is 2.66. The van der Waals surface area contributed by atoms with Crippen molar-refractivity contribution in [1.82, 2.24) is 4.57 Å². The fraction of sp³-hybridized carbons (Fsp3) is 0.214. The molecule has 0 fully saturated rings. The number of para-hydroxylation sites is 1. The number of nitrogens with zero attached hydrogens (tertiary/aromatic N) is 1. The van der Waals surface area contributed by atoms with E-state index in [0.717, 1.165) is 11.4 Å². The van der Waals surface area contributed by atoms with Crippen LogP contribution in [0.5, 0.6) is 0 Å². The Morgan fingerprint density at radius 2 is 2.00 bits per heavy atom. The van der Waals surface area contributed by atoms with Crippen LogP contribution in [0, 0.1) is 0 Å². The summed E-state index contributed by atoms with van der Waals surface area (Å²) in [6.07, 6.45) is 1.21. The lowest BCUT2D eigenvalue weighted by molar-refractivity contribution is -0.116. The second kappa shape index (κ2) is 5.51. The molecule has 2 N–H and O–H groups in total. The molecular formula is C14H16N2O2. The highest BCUT2D eigenvalue weighted by Crippen LogP contribution is 2.13. The molecular weight excluding hydrogens is 228 g/mol. The Kier molecular flexibility index (Phi) is 3.79. The molecule has 1 unspecified atom stereocenters. The molecule has 2 aromatic rings. The van der Waals surface area contributed by atoms with Crippen LogP contribution in [0.2, 0.25) is 0 Å². The van der Waals surface area contributed by atoms with Crippen molar-refractivity contribution in [3.63, 3.8) is 0 Å². The second-order valence-corrected chi connectivity index (χ2v) is 4.15. The molecule has 1 atom stereocenters. The van der Waals surface area contributed by atoms with Gasteiger partial charge in [-0.15, -0.1) is 0 Å². The van der Waals surface area contributed by atoms with Crippen LogP contribution in [-0.4, -0.2) is 15.6 Å². The number of nitrogens with one attached hydrogen (secondary N) is 1. The molecule has 2 rings (SSSR count). The smallest absolute Gasteiger partial charge is 0.244 e. The van der Waals surface area contributed by atoms with Crippen LogP contribution in [0.4, 0.5) is 5.69 Å². The van der Waals surface area contributed by atoms with Gasteiger partial charge in [0.25, 0.3) is 0 Å². The fourth-order valence-electron chi connectivity index (χ4n) is 1.83. The molecule has 0 aliphatic carbocycles. The maximum absolute atomic E-state index is 11.8. The number of aliphatic hydroxyl groups excluding tert-OH is 1. The van der Waals surface area contributed by atoms with Crippen LogP contribution in [0.3, 0.4) is 0 Å². The van der Waals surface area contributed by atoms with Crippen molar-refractivity contribution in [2.45, 2.75) is 19.6 Å². The van der Waals surface area contributed by atoms with E-state index in [1.54, 1.807) is 23.8 Å². The van der Waals surface area contributed by atoms with E-state index in [9.17, 15) is 9.90 Å². The number of anilines is 1. The Morgan fingerprint density at radius 3 is 2.67 bits per heavy atom. The minimum atomic E-state index is -0.579. The van der Waals surface area contributed by atoms with Crippen molar-refractivity contribution in [2.24, 2.45) is 0 Å². The Morgan fingerprint density at radius 1 is 1.28 bits per heavy atom. The van der Waals surface area contributed by atoms with E-state index in [1.165, 1.54) is 0 Å². The summed E-state index contributed by atoms with van der Waals surface area (Å²) in [5.74, 6) is -0.112. The zero-order valence-corrected chi connectivity index (χ0v) is 10.2. The first-order valence-electron chi connectivity index (χ1n) is 5.85. The lowest BCUT2D eigenvalue weighted by Crippen LogP contribution is -2.20. The van der Waals surface area contributed by atoms with Gasteiger partial charge in [-0.1, -0.05) is 18.2 Å². The highest BCUT2D eigenvalue weighted by atomic mass is 16.3. The van der Waals surface area contributed by atoms with Crippen LogP contribution in [0.15, 0.2) is 48.7 Å². The summed E-state index contributed by atoms with van der Waals surface area (Å²) in [5.41, 5.74) is 1.51. The molecule has 0 saturated heterocycles. The lowest BCUT2D eigenvalue weighted by atomic mass is 10.3. The summed E-state index contributed by atoms with van der Waals surface area (Å²) < 4.78 is 1.74. The van der Waals surface area contributed by atoms with Crippen molar-refractivity contribution >= 4 is 11.6 Å². The third-order valence-corrected chi connectivity index (χ3v) is 2.66. The minimum absolute atomic E-state index is 0.112. The van der Waals surface area contributed by atoms with Crippen molar-refractivity contribution in [3.8, 4) is 0 Å². The summed E-state index contributed by atoms with van der Waals surface area (Å²) in [5, 5.41) is 12.3. The van der Waals surface area contributed by atoms with Crippen molar-refractivity contribution in [2.75, 3.05) is 5.32 Å². The van der Waals surface area contributed by atoms with Crippen LogP contribution in [-0.2, 0) is 11.3 Å². The maximum Gasteiger partial charge on any atom is 0.244 e. The SMILES string of the molecule is CC(O)c1cccn1CC(=O)Nc1ccccc1. The molecule has 0 saturated carbocycles. The van der Waals surface area contributed by atoms with Gasteiger partial charge in [0.2, 0.25) is 5.91 Å². The van der Waals surface area contributed by atoms with Gasteiger partial charge >= 0.3 is 0 Å². The number of benzene rings is 1. The number of aromatic nitrogens is 1. The number of carbonyl (C=O) groups is 1. The lowest BCUT2D eigenvalue weighted by Gasteiger charge is -2.11. The van der Waals surface area contributed by atoms with E-state index < -0.39 is 6.10 Å². The average molecular weight is 244 g/mol. The molecule has 0 spiro atoms. The molecule has 18 heavy (non-hydrogen) atoms. The van der Waals surface area contributed by atoms with E-state index in [1.807, 2.05) is 36.4 Å². The van der Waals surface area contributed by atoms with Crippen molar-refractivity contribution in [3.05, 3.63) is 54.4 Å². The summed E-state index contributed by atoms with van der Waals surface area (Å²) in [6.45, 7) is 1.88. The molecule has 0 radical (unpaired) electrons. The van der Waals surface area contributed by atoms with E-state index in [-0.39, 0.29) is 12.5 Å². The van der Waals surface area contributed by atoms with Gasteiger partial charge in [0.15, 0.2) is 0 Å². The monoisotopic (exact) mass is 244 g/mol. The number of rotatable bonds is 4. The van der Waals surface area contributed by atoms with Gasteiger partial charge in [-0.3, -0.25) is 4.79 Å². The van der Waals surface area contributed by atoms with Gasteiger partial charge in [0.05, 0.1) is 6.10 Å². The normalized spacial score (nSPS) is 12.1. The molecule has 0 aliphatic rings. The molecule has 1 aromatic carbocycles. The number of carbonyl (C=O) groups excluding carboxylic acids is 1. The van der Waals surface area contributed by atoms with Gasteiger partial charge in [-0.05, 0) is 31.2 Å². The fourth-order valence-corrected chi connectivity index (χ4v) is 1.83. The first kappa shape index (κ1) is 12.4. The molecule has 1 amide bonds. The quantitative estimate of drug-likeness (QED) is 0.866. The van der Waals surface area contributed by atoms with Gasteiger partial charge in [-0.2, -0.15) is 0 Å². The number of aliphatic hydroxyl groups is 1. The van der Waals surface area contributed by atoms with Crippen molar-refractivity contribution < 1.29 is 9.90 Å². The zero-order valence-electron chi connectivity index (χ0n) is 10.2. The minimum Gasteiger partial charge on any atom is -0.387 e. The van der Waals surface area contributed by atoms with E-state index in [0.29, 0.717) is 0 Å². The van der Waals surface area contributed by atoms with Gasteiger partial charge < -0.3 is 15.0 Å². The van der Waals surface area contributed by atoms with Gasteiger partial charge in [-0.25, -0.2) is 0 Å². The van der Waals surface area contributed by atoms with E-state index in [2.05, 4.69) is 5.32 Å². The highest BCUT2D eigenvalue weighted by Gasteiger charge is 2.09. The number of hydrogen-bond donors (Lipinski definition) is 2. The molecule has 0 aliphatic heterocycles. The summed E-state index contributed by atoms with van der Waals surface area (Å²) >= 11 is 0. The standard InChI is InChI=1S/C14H16N2O2/c1-11(17)13-8-5-9-16(13)10-14(18)15-12-6-3-2-4-7-12/h2-9,11,17H,10H2,1H3,(H,15,18). The number of hydrogen-bond acceptors (Lipinski definition) is 2. The van der Waals surface area contributed by atoms with Crippen LogP contribution in [0.25, 0.3) is 0 Å². The Balaban J connectivity index is 2.01. The molecule has 94 valence electrons. The second-order valence-electron chi connectivity index (χ2n) is 4.15. The van der Waals surface area contributed by atoms with E-state index in [4.69, 9.17) is 0 Å². The largest absolute Gasteiger partial charge is 0.387 e. The third kappa shape index (κ3) is 2.99. The maximum atomic E-state index is 11.8. The molecule has 4 nitrogen and oxygen atoms in total. The number of amides is 1. The predicted octanol–water partition coefficient (Wildman–Crippen LogP) is 2.18. The van der Waals surface area contributed by atoms with Crippen LogP contribution >= 0.6 is 0 Å². The predicted molar refractivity (Wildman–Crippen MR) is 70.1 cm³/mol. The van der Waals surface area contributed by atoms with Gasteiger partial charge in [0.1, 0.15) is 6.54 Å². The topological polar surface area (TPSA) is 54.3 Å². The summed E-state index contributed by atoms with van der Waals surface area (Å²) in [4.78, 5) is 11.8. The van der Waals surface area contributed by atoms with Crippen LogP contribution in [0.1, 0.15) is 18.7 Å². The molecule has 4 heteroatoms. The molecule has 0 bridgehead atoms.